The van der Waals surface area contributed by atoms with E-state index in [1.54, 1.807) is 0 Å². The first kappa shape index (κ1) is 8.98. The number of rotatable bonds is 1. The first-order valence-electron chi connectivity index (χ1n) is 4.89. The lowest BCUT2D eigenvalue weighted by atomic mass is 9.91. The lowest BCUT2D eigenvalue weighted by molar-refractivity contribution is 0.0727. The molecule has 2 heterocycles. The van der Waals surface area contributed by atoms with Crippen LogP contribution in [0.4, 0.5) is 0 Å². The van der Waals surface area contributed by atoms with Crippen LogP contribution in [0, 0.1) is 6.57 Å². The minimum Gasteiger partial charge on any atom is -0.368 e. The summed E-state index contributed by atoms with van der Waals surface area (Å²) >= 11 is 0. The van der Waals surface area contributed by atoms with Crippen LogP contribution in [0.3, 0.4) is 0 Å². The van der Waals surface area contributed by atoms with Crippen molar-refractivity contribution in [1.82, 2.24) is 4.90 Å². The zero-order chi connectivity index (χ0) is 9.47. The van der Waals surface area contributed by atoms with Crippen molar-refractivity contribution >= 4 is 0 Å². The molecule has 1 unspecified atom stereocenters. The summed E-state index contributed by atoms with van der Waals surface area (Å²) in [5.74, 6) is 0. The van der Waals surface area contributed by atoms with E-state index in [4.69, 9.17) is 11.3 Å². The van der Waals surface area contributed by atoms with Crippen molar-refractivity contribution in [2.24, 2.45) is 0 Å². The van der Waals surface area contributed by atoms with Crippen molar-refractivity contribution in [3.63, 3.8) is 0 Å². The maximum Gasteiger partial charge on any atom is 0.270 e. The second-order valence-corrected chi connectivity index (χ2v) is 4.50. The fraction of sp³-hybridized carbons (Fsp3) is 0.900. The minimum absolute atomic E-state index is 0.215. The molecule has 72 valence electrons. The Morgan fingerprint density at radius 1 is 1.62 bits per heavy atom. The molecule has 0 aromatic rings. The summed E-state index contributed by atoms with van der Waals surface area (Å²) in [4.78, 5) is 6.12. The average molecular weight is 180 g/mol. The second kappa shape index (κ2) is 2.97. The van der Waals surface area contributed by atoms with Gasteiger partial charge in [-0.1, -0.05) is 0 Å². The fourth-order valence-electron chi connectivity index (χ4n) is 2.25. The highest BCUT2D eigenvalue weighted by Crippen LogP contribution is 2.34. The van der Waals surface area contributed by atoms with E-state index < -0.39 is 0 Å². The third kappa shape index (κ3) is 1.45. The summed E-state index contributed by atoms with van der Waals surface area (Å²) < 4.78 is 5.60. The smallest absolute Gasteiger partial charge is 0.270 e. The van der Waals surface area contributed by atoms with Crippen molar-refractivity contribution in [3.05, 3.63) is 11.4 Å². The Morgan fingerprint density at radius 2 is 2.38 bits per heavy atom. The van der Waals surface area contributed by atoms with E-state index in [1.165, 1.54) is 0 Å². The monoisotopic (exact) mass is 180 g/mol. The molecule has 0 aromatic carbocycles. The lowest BCUT2D eigenvalue weighted by Crippen LogP contribution is -2.50. The maximum absolute atomic E-state index is 7.22. The summed E-state index contributed by atoms with van der Waals surface area (Å²) in [5, 5.41) is 0. The standard InChI is InChI=1S/C10H16N2O/c1-8(2)12-5-9-4-10(6-12,11-3)7-13-9/h8-9H,4-7H2,1-2H3/t9-,10?/m0/s1. The van der Waals surface area contributed by atoms with Crippen LogP contribution < -0.4 is 0 Å². The van der Waals surface area contributed by atoms with Crippen LogP contribution in [0.1, 0.15) is 20.3 Å². The molecular formula is C10H16N2O. The number of hydrogen-bond donors (Lipinski definition) is 0. The number of ether oxygens (including phenoxy) is 1. The molecule has 3 nitrogen and oxygen atoms in total. The number of fused-ring (bicyclic) bond motifs is 2. The molecule has 0 N–H and O–H groups in total. The molecule has 2 aliphatic rings. The zero-order valence-electron chi connectivity index (χ0n) is 8.29. The molecule has 2 atom stereocenters. The van der Waals surface area contributed by atoms with E-state index >= 15 is 0 Å². The molecule has 2 rings (SSSR count). The van der Waals surface area contributed by atoms with Crippen molar-refractivity contribution in [2.45, 2.75) is 38.0 Å². The minimum atomic E-state index is -0.215. The molecule has 0 aromatic heterocycles. The quantitative estimate of drug-likeness (QED) is 0.563. The Kier molecular flexibility index (Phi) is 2.05. The summed E-state index contributed by atoms with van der Waals surface area (Å²) in [7, 11) is 0. The number of piperidine rings is 1. The molecule has 2 fully saturated rings. The van der Waals surface area contributed by atoms with Crippen LogP contribution in [0.25, 0.3) is 4.85 Å². The van der Waals surface area contributed by atoms with Gasteiger partial charge in [-0.15, -0.1) is 0 Å². The van der Waals surface area contributed by atoms with E-state index in [2.05, 4.69) is 23.6 Å². The molecule has 0 aliphatic carbocycles. The van der Waals surface area contributed by atoms with Crippen LogP contribution in [-0.2, 0) is 4.74 Å². The highest BCUT2D eigenvalue weighted by atomic mass is 16.5. The van der Waals surface area contributed by atoms with Gasteiger partial charge in [-0.05, 0) is 13.8 Å². The molecule has 0 saturated carbocycles. The normalized spacial score (nSPS) is 39.4. The Bertz CT molecular complexity index is 246. The Hall–Kier alpha value is -0.590. The van der Waals surface area contributed by atoms with Gasteiger partial charge in [0.25, 0.3) is 5.54 Å². The van der Waals surface area contributed by atoms with Crippen molar-refractivity contribution in [2.75, 3.05) is 19.7 Å². The molecule has 2 saturated heterocycles. The summed E-state index contributed by atoms with van der Waals surface area (Å²) in [6, 6.07) is 0.533. The predicted molar refractivity (Wildman–Crippen MR) is 50.4 cm³/mol. The highest BCUT2D eigenvalue weighted by molar-refractivity contribution is 5.10. The average Bonchev–Trinajstić information content (AvgIpc) is 2.42. The molecule has 3 heteroatoms. The summed E-state index contributed by atoms with van der Waals surface area (Å²) in [6.45, 7) is 14.1. The van der Waals surface area contributed by atoms with Gasteiger partial charge in [0.05, 0.1) is 19.1 Å². The van der Waals surface area contributed by atoms with E-state index in [9.17, 15) is 0 Å². The van der Waals surface area contributed by atoms with Crippen LogP contribution in [0.5, 0.6) is 0 Å². The maximum atomic E-state index is 7.22. The largest absolute Gasteiger partial charge is 0.368 e. The highest BCUT2D eigenvalue weighted by Gasteiger charge is 2.52. The zero-order valence-corrected chi connectivity index (χ0v) is 8.29. The Balaban J connectivity index is 2.14. The van der Waals surface area contributed by atoms with Gasteiger partial charge in [0.1, 0.15) is 6.61 Å². The van der Waals surface area contributed by atoms with Gasteiger partial charge in [-0.2, -0.15) is 0 Å². The number of likely N-dealkylation sites (tertiary alicyclic amines) is 1. The third-order valence-corrected chi connectivity index (χ3v) is 3.10. The van der Waals surface area contributed by atoms with E-state index in [0.717, 1.165) is 19.5 Å². The number of nitrogens with zero attached hydrogens (tertiary/aromatic N) is 2. The molecule has 2 bridgehead atoms. The van der Waals surface area contributed by atoms with Crippen LogP contribution >= 0.6 is 0 Å². The molecule has 13 heavy (non-hydrogen) atoms. The van der Waals surface area contributed by atoms with E-state index in [1.807, 2.05) is 0 Å². The third-order valence-electron chi connectivity index (χ3n) is 3.10. The predicted octanol–water partition coefficient (Wildman–Crippen LogP) is 1.16. The Labute approximate surface area is 79.5 Å². The van der Waals surface area contributed by atoms with Crippen LogP contribution in [0.15, 0.2) is 0 Å². The fourth-order valence-corrected chi connectivity index (χ4v) is 2.25. The van der Waals surface area contributed by atoms with Crippen LogP contribution in [-0.4, -0.2) is 42.3 Å². The first-order chi connectivity index (χ1) is 6.15. The first-order valence-corrected chi connectivity index (χ1v) is 4.89. The summed E-state index contributed by atoms with van der Waals surface area (Å²) in [5.41, 5.74) is -0.215. The van der Waals surface area contributed by atoms with Crippen molar-refractivity contribution < 1.29 is 4.74 Å². The van der Waals surface area contributed by atoms with Gasteiger partial charge in [0.15, 0.2) is 0 Å². The number of hydrogen-bond acceptors (Lipinski definition) is 2. The van der Waals surface area contributed by atoms with E-state index in [0.29, 0.717) is 18.8 Å². The molecule has 0 radical (unpaired) electrons. The second-order valence-electron chi connectivity index (χ2n) is 4.50. The lowest BCUT2D eigenvalue weighted by Gasteiger charge is -2.34. The SMILES string of the molecule is [C-]#[N+]C12CO[C@H](CN(C(C)C)C1)C2. The Morgan fingerprint density at radius 3 is 3.00 bits per heavy atom. The van der Waals surface area contributed by atoms with Gasteiger partial charge in [-0.3, -0.25) is 4.90 Å². The van der Waals surface area contributed by atoms with Gasteiger partial charge in [0, 0.05) is 12.6 Å². The van der Waals surface area contributed by atoms with E-state index in [-0.39, 0.29) is 5.54 Å². The van der Waals surface area contributed by atoms with Gasteiger partial charge in [-0.25, -0.2) is 6.57 Å². The van der Waals surface area contributed by atoms with Crippen molar-refractivity contribution in [1.29, 1.82) is 0 Å². The van der Waals surface area contributed by atoms with Crippen molar-refractivity contribution in [3.8, 4) is 0 Å². The van der Waals surface area contributed by atoms with Gasteiger partial charge < -0.3 is 9.58 Å². The summed E-state index contributed by atoms with van der Waals surface area (Å²) in [6.07, 6.45) is 1.25. The molecule has 0 spiro atoms. The topological polar surface area (TPSA) is 16.8 Å². The van der Waals surface area contributed by atoms with Gasteiger partial charge >= 0.3 is 0 Å². The van der Waals surface area contributed by atoms with Crippen LogP contribution in [0.2, 0.25) is 0 Å². The molecular weight excluding hydrogens is 164 g/mol. The molecule has 0 amide bonds. The molecule has 2 aliphatic heterocycles. The van der Waals surface area contributed by atoms with Gasteiger partial charge in [0.2, 0.25) is 0 Å².